The minimum Gasteiger partial charge on any atom is -0.509 e. The maximum atomic E-state index is 6.62. The van der Waals surface area contributed by atoms with Crippen molar-refractivity contribution in [1.29, 1.82) is 0 Å². The van der Waals surface area contributed by atoms with E-state index in [-0.39, 0.29) is 20.4 Å². The Balaban J connectivity index is 0.00000498. The van der Waals surface area contributed by atoms with E-state index in [1.54, 1.807) is 0 Å². The van der Waals surface area contributed by atoms with Crippen molar-refractivity contribution >= 4 is 21.8 Å². The van der Waals surface area contributed by atoms with E-state index in [1.165, 1.54) is 0 Å². The van der Waals surface area contributed by atoms with E-state index < -0.39 is 0 Å². The molecule has 0 aliphatic rings. The minimum atomic E-state index is 0. The molecule has 65 heavy (non-hydrogen) atoms. The largest absolute Gasteiger partial charge is 2.00 e. The van der Waals surface area contributed by atoms with Crippen LogP contribution in [-0.4, -0.2) is 19.3 Å². The van der Waals surface area contributed by atoms with Gasteiger partial charge in [0, 0.05) is 40.0 Å². The molecule has 5 nitrogen and oxygen atoms in total. The number of nitrogens with zero attached hydrogens (tertiary/aromatic N) is 4. The monoisotopic (exact) mass is 928 g/mol. The summed E-state index contributed by atoms with van der Waals surface area (Å²) in [7, 11) is 0. The number of para-hydroxylation sites is 1. The Labute approximate surface area is 392 Å². The number of benzene rings is 8. The third-order valence-electron chi connectivity index (χ3n) is 12.1. The Bertz CT molecular complexity index is 3390. The molecule has 11 aromatic rings. The Kier molecular flexibility index (Phi) is 11.2. The van der Waals surface area contributed by atoms with Crippen LogP contribution >= 0.6 is 0 Å². The number of hydrogen-bond donors (Lipinski definition) is 0. The standard InChI is InChI=1S/C59H42N4O.Pd/c1-39-33-34-60-55(35-39)62-53-30-17-16-29-49(53)50-32-31-48(37-54(50)62)64-47-28-18-27-46(36-47)63-41(3)56(40(2)61-63)59-57(44-23-12-6-13-24-44)51(42-19-8-4-9-20-42)38-52(43-21-10-5-11-22-43)58(59)45-25-14-7-15-26-45;/h4-35,38H,1-3H3;/q-2;+2. The molecule has 0 fully saturated rings. The van der Waals surface area contributed by atoms with Gasteiger partial charge in [-0.1, -0.05) is 145 Å². The fourth-order valence-corrected chi connectivity index (χ4v) is 9.22. The summed E-state index contributed by atoms with van der Waals surface area (Å²) >= 11 is 0. The van der Waals surface area contributed by atoms with E-state index in [4.69, 9.17) is 14.8 Å². The van der Waals surface area contributed by atoms with Crippen molar-refractivity contribution in [3.63, 3.8) is 0 Å². The third kappa shape index (κ3) is 7.57. The van der Waals surface area contributed by atoms with Gasteiger partial charge in [0.25, 0.3) is 0 Å². The summed E-state index contributed by atoms with van der Waals surface area (Å²) in [6, 6.07) is 75.1. The molecule has 3 heterocycles. The first-order valence-electron chi connectivity index (χ1n) is 21.6. The van der Waals surface area contributed by atoms with Crippen molar-refractivity contribution in [2.45, 2.75) is 20.8 Å². The average molecular weight is 929 g/mol. The summed E-state index contributed by atoms with van der Waals surface area (Å²) in [6.45, 7) is 6.37. The molecule has 0 saturated heterocycles. The smallest absolute Gasteiger partial charge is 0.509 e. The van der Waals surface area contributed by atoms with Crippen molar-refractivity contribution in [2.75, 3.05) is 0 Å². The van der Waals surface area contributed by atoms with E-state index >= 15 is 0 Å². The molecular formula is C59H42N4OPd. The maximum absolute atomic E-state index is 6.62. The predicted octanol–water partition coefficient (Wildman–Crippen LogP) is 15.0. The van der Waals surface area contributed by atoms with Crippen LogP contribution in [0.1, 0.15) is 17.0 Å². The molecule has 3 aromatic heterocycles. The van der Waals surface area contributed by atoms with Gasteiger partial charge in [0.2, 0.25) is 0 Å². The first-order chi connectivity index (χ1) is 31.5. The van der Waals surface area contributed by atoms with E-state index in [0.717, 1.165) is 106 Å². The van der Waals surface area contributed by atoms with Gasteiger partial charge in [0.1, 0.15) is 5.82 Å². The van der Waals surface area contributed by atoms with Crippen molar-refractivity contribution < 1.29 is 25.2 Å². The molecule has 0 spiro atoms. The molecule has 0 amide bonds. The molecule has 0 N–H and O–H groups in total. The number of pyridine rings is 1. The first-order valence-corrected chi connectivity index (χ1v) is 21.6. The number of fused-ring (bicyclic) bond motifs is 3. The van der Waals surface area contributed by atoms with Gasteiger partial charge >= 0.3 is 20.4 Å². The molecule has 0 saturated carbocycles. The summed E-state index contributed by atoms with van der Waals surface area (Å²) < 4.78 is 10.8. The third-order valence-corrected chi connectivity index (χ3v) is 12.1. The van der Waals surface area contributed by atoms with E-state index in [1.807, 2.05) is 41.2 Å². The SMILES string of the molecule is Cc1ccnc(-n2c3[c-]c(Oc4[c-]c(-n5nc(C)c(-c6c(-c7ccccc7)c(-c7ccccc7)cc(-c7ccccc7)c6-c6ccccc6)c5C)ccc4)ccc3c3ccccc32)c1.[Pd+2]. The molecular weight excluding hydrogens is 887 g/mol. The Morgan fingerprint density at radius 2 is 1.05 bits per heavy atom. The number of rotatable bonds is 9. The van der Waals surface area contributed by atoms with Gasteiger partial charge in [-0.05, 0) is 106 Å². The minimum absolute atomic E-state index is 0. The number of aromatic nitrogens is 4. The predicted molar refractivity (Wildman–Crippen MR) is 261 cm³/mol. The van der Waals surface area contributed by atoms with Crippen LogP contribution in [0.5, 0.6) is 11.5 Å². The van der Waals surface area contributed by atoms with Crippen LogP contribution < -0.4 is 4.74 Å². The van der Waals surface area contributed by atoms with Gasteiger partial charge in [-0.15, -0.1) is 35.7 Å². The fourth-order valence-electron chi connectivity index (χ4n) is 9.22. The van der Waals surface area contributed by atoms with Gasteiger partial charge in [0.05, 0.1) is 5.69 Å². The summed E-state index contributed by atoms with van der Waals surface area (Å²) in [6.07, 6.45) is 1.85. The summed E-state index contributed by atoms with van der Waals surface area (Å²) in [5.41, 5.74) is 17.1. The molecule has 0 aliphatic carbocycles. The van der Waals surface area contributed by atoms with E-state index in [9.17, 15) is 0 Å². The van der Waals surface area contributed by atoms with Gasteiger partial charge < -0.3 is 9.30 Å². The second kappa shape index (κ2) is 17.5. The van der Waals surface area contributed by atoms with Crippen LogP contribution in [0.2, 0.25) is 0 Å². The molecule has 8 aromatic carbocycles. The molecule has 0 bridgehead atoms. The van der Waals surface area contributed by atoms with Gasteiger partial charge in [0.15, 0.2) is 0 Å². The summed E-state index contributed by atoms with van der Waals surface area (Å²) in [5.74, 6) is 1.98. The van der Waals surface area contributed by atoms with Crippen molar-refractivity contribution in [3.8, 4) is 78.6 Å². The van der Waals surface area contributed by atoms with Crippen LogP contribution in [0.4, 0.5) is 0 Å². The number of hydrogen-bond acceptors (Lipinski definition) is 3. The Hall–Kier alpha value is -7.62. The Morgan fingerprint density at radius 1 is 0.477 bits per heavy atom. The van der Waals surface area contributed by atoms with Crippen LogP contribution in [0.25, 0.3) is 88.9 Å². The molecule has 0 unspecified atom stereocenters. The zero-order chi connectivity index (χ0) is 43.1. The molecule has 11 rings (SSSR count). The summed E-state index contributed by atoms with van der Waals surface area (Å²) in [4.78, 5) is 4.75. The van der Waals surface area contributed by atoms with Crippen LogP contribution in [0.3, 0.4) is 0 Å². The molecule has 314 valence electrons. The van der Waals surface area contributed by atoms with Crippen molar-refractivity contribution in [2.24, 2.45) is 0 Å². The second-order valence-corrected chi connectivity index (χ2v) is 16.1. The average Bonchev–Trinajstić information content (AvgIpc) is 3.83. The quantitative estimate of drug-likeness (QED) is 0.107. The number of ether oxygens (including phenoxy) is 1. The zero-order valence-corrected chi connectivity index (χ0v) is 37.6. The maximum Gasteiger partial charge on any atom is 2.00 e. The van der Waals surface area contributed by atoms with Gasteiger partial charge in [-0.3, -0.25) is 4.68 Å². The molecule has 0 atom stereocenters. The van der Waals surface area contributed by atoms with Gasteiger partial charge in [-0.25, -0.2) is 4.98 Å². The topological polar surface area (TPSA) is 44.9 Å². The molecule has 0 radical (unpaired) electrons. The van der Waals surface area contributed by atoms with Crippen molar-refractivity contribution in [1.82, 2.24) is 19.3 Å². The molecule has 0 aliphatic heterocycles. The van der Waals surface area contributed by atoms with Crippen molar-refractivity contribution in [3.05, 3.63) is 229 Å². The first kappa shape index (κ1) is 41.4. The Morgan fingerprint density at radius 3 is 1.66 bits per heavy atom. The van der Waals surface area contributed by atoms with Crippen LogP contribution in [0.15, 0.2) is 200 Å². The zero-order valence-electron chi connectivity index (χ0n) is 36.1. The van der Waals surface area contributed by atoms with E-state index in [2.05, 4.69) is 201 Å². The van der Waals surface area contributed by atoms with Crippen LogP contribution in [0, 0.1) is 32.9 Å². The fraction of sp³-hybridized carbons (Fsp3) is 0.0508. The van der Waals surface area contributed by atoms with E-state index in [0.29, 0.717) is 11.5 Å². The normalized spacial score (nSPS) is 11.2. The molecule has 6 heteroatoms. The van der Waals surface area contributed by atoms with Gasteiger partial charge in [-0.2, -0.15) is 17.2 Å². The summed E-state index contributed by atoms with van der Waals surface area (Å²) in [5, 5.41) is 7.52. The van der Waals surface area contributed by atoms with Crippen LogP contribution in [-0.2, 0) is 20.4 Å². The second-order valence-electron chi connectivity index (χ2n) is 16.1. The number of aryl methyl sites for hydroxylation is 2.